The third-order valence-corrected chi connectivity index (χ3v) is 2.63. The first-order chi connectivity index (χ1) is 7.93. The number of pyridine rings is 1. The Labute approximate surface area is 94.2 Å². The molecule has 78 valence electrons. The molecule has 0 bridgehead atoms. The molecular weight excluding hydrogens is 198 g/mol. The summed E-state index contributed by atoms with van der Waals surface area (Å²) in [4.78, 5) is 4.26. The summed E-state index contributed by atoms with van der Waals surface area (Å²) in [5.74, 6) is 0.911. The Kier molecular flexibility index (Phi) is 2.18. The van der Waals surface area contributed by atoms with Crippen molar-refractivity contribution in [2.45, 2.75) is 6.61 Å². The van der Waals surface area contributed by atoms with Gasteiger partial charge in [0.1, 0.15) is 12.4 Å². The summed E-state index contributed by atoms with van der Waals surface area (Å²) in [5.41, 5.74) is 3.34. The topological polar surface area (TPSA) is 22.1 Å². The number of ether oxygens (including phenoxy) is 1. The second kappa shape index (κ2) is 3.81. The summed E-state index contributed by atoms with van der Waals surface area (Å²) in [6.45, 7) is 0.662. The van der Waals surface area contributed by atoms with Crippen LogP contribution in [0.5, 0.6) is 0 Å². The molecule has 0 saturated heterocycles. The van der Waals surface area contributed by atoms with Gasteiger partial charge in [0, 0.05) is 23.4 Å². The molecule has 2 heteroatoms. The first-order valence-corrected chi connectivity index (χ1v) is 5.27. The van der Waals surface area contributed by atoms with Crippen molar-refractivity contribution >= 4 is 11.8 Å². The van der Waals surface area contributed by atoms with Crippen molar-refractivity contribution in [2.75, 3.05) is 0 Å². The van der Waals surface area contributed by atoms with Crippen LogP contribution in [0.2, 0.25) is 0 Å². The van der Waals surface area contributed by atoms with Crippen LogP contribution in [0.4, 0.5) is 0 Å². The average Bonchev–Trinajstić information content (AvgIpc) is 2.74. The Morgan fingerprint density at radius 2 is 1.94 bits per heavy atom. The van der Waals surface area contributed by atoms with Gasteiger partial charge >= 0.3 is 0 Å². The van der Waals surface area contributed by atoms with Crippen LogP contribution in [0.25, 0.3) is 11.8 Å². The Hall–Kier alpha value is -2.09. The van der Waals surface area contributed by atoms with E-state index in [0.29, 0.717) is 6.61 Å². The molecule has 1 aliphatic heterocycles. The predicted molar refractivity (Wildman–Crippen MR) is 63.3 cm³/mol. The second-order valence-corrected chi connectivity index (χ2v) is 3.71. The minimum atomic E-state index is 0.662. The summed E-state index contributed by atoms with van der Waals surface area (Å²) in [5, 5.41) is 0. The van der Waals surface area contributed by atoms with E-state index in [1.54, 1.807) is 6.20 Å². The van der Waals surface area contributed by atoms with Gasteiger partial charge in [-0.1, -0.05) is 30.3 Å². The molecule has 0 atom stereocenters. The molecule has 0 radical (unpaired) electrons. The average molecular weight is 209 g/mol. The van der Waals surface area contributed by atoms with Crippen LogP contribution < -0.4 is 0 Å². The Morgan fingerprint density at radius 1 is 1.06 bits per heavy atom. The maximum absolute atomic E-state index is 5.65. The molecule has 0 saturated carbocycles. The van der Waals surface area contributed by atoms with Crippen molar-refractivity contribution in [3.05, 3.63) is 65.5 Å². The molecule has 2 aromatic rings. The molecule has 2 nitrogen and oxygen atoms in total. The molecule has 1 aliphatic rings. The fraction of sp³-hybridized carbons (Fsp3) is 0.0714. The van der Waals surface area contributed by atoms with E-state index < -0.39 is 0 Å². The van der Waals surface area contributed by atoms with Crippen LogP contribution in [0.15, 0.2) is 48.7 Å². The Morgan fingerprint density at radius 3 is 2.81 bits per heavy atom. The third-order valence-electron chi connectivity index (χ3n) is 2.63. The highest BCUT2D eigenvalue weighted by Gasteiger charge is 2.16. The fourth-order valence-corrected chi connectivity index (χ4v) is 1.83. The zero-order valence-electron chi connectivity index (χ0n) is 8.76. The van der Waals surface area contributed by atoms with E-state index in [-0.39, 0.29) is 0 Å². The van der Waals surface area contributed by atoms with Crippen molar-refractivity contribution in [3.8, 4) is 0 Å². The van der Waals surface area contributed by atoms with Crippen molar-refractivity contribution in [2.24, 2.45) is 0 Å². The number of nitrogens with zero attached hydrogens (tertiary/aromatic N) is 1. The van der Waals surface area contributed by atoms with Gasteiger partial charge in [0.25, 0.3) is 0 Å². The van der Waals surface area contributed by atoms with Gasteiger partial charge in [0.15, 0.2) is 0 Å². The van der Waals surface area contributed by atoms with Gasteiger partial charge in [0.2, 0.25) is 0 Å². The summed E-state index contributed by atoms with van der Waals surface area (Å²) >= 11 is 0. The molecule has 0 amide bonds. The van der Waals surface area contributed by atoms with E-state index in [1.165, 1.54) is 11.1 Å². The standard InChI is InChI=1S/C14H11NO/c1-2-7-13-11(5-1)10-16-14(13)9-12-6-3-4-8-15-12/h1-9H,10H2/b14-9-. The fourth-order valence-electron chi connectivity index (χ4n) is 1.83. The Bertz CT molecular complexity index is 531. The summed E-state index contributed by atoms with van der Waals surface area (Å²) < 4.78 is 5.65. The minimum absolute atomic E-state index is 0.662. The van der Waals surface area contributed by atoms with Gasteiger partial charge in [-0.3, -0.25) is 4.98 Å². The number of benzene rings is 1. The summed E-state index contributed by atoms with van der Waals surface area (Å²) in [6.07, 6.45) is 3.76. The van der Waals surface area contributed by atoms with E-state index in [1.807, 2.05) is 36.4 Å². The van der Waals surface area contributed by atoms with E-state index >= 15 is 0 Å². The molecule has 0 spiro atoms. The second-order valence-electron chi connectivity index (χ2n) is 3.71. The summed E-state index contributed by atoms with van der Waals surface area (Å²) in [6, 6.07) is 14.1. The lowest BCUT2D eigenvalue weighted by Crippen LogP contribution is -1.82. The van der Waals surface area contributed by atoms with E-state index in [2.05, 4.69) is 17.1 Å². The highest BCUT2D eigenvalue weighted by molar-refractivity contribution is 5.79. The molecular formula is C14H11NO. The zero-order valence-corrected chi connectivity index (χ0v) is 8.76. The van der Waals surface area contributed by atoms with Gasteiger partial charge in [-0.15, -0.1) is 0 Å². The van der Waals surface area contributed by atoms with Crippen LogP contribution in [0.1, 0.15) is 16.8 Å². The van der Waals surface area contributed by atoms with Crippen LogP contribution >= 0.6 is 0 Å². The predicted octanol–water partition coefficient (Wildman–Crippen LogP) is 3.11. The number of hydrogen-bond donors (Lipinski definition) is 0. The van der Waals surface area contributed by atoms with Gasteiger partial charge in [0.05, 0.1) is 5.69 Å². The monoisotopic (exact) mass is 209 g/mol. The first kappa shape index (κ1) is 9.16. The van der Waals surface area contributed by atoms with Crippen LogP contribution in [0, 0.1) is 0 Å². The molecule has 16 heavy (non-hydrogen) atoms. The smallest absolute Gasteiger partial charge is 0.129 e. The maximum Gasteiger partial charge on any atom is 0.129 e. The molecule has 0 aliphatic carbocycles. The number of aromatic nitrogens is 1. The lowest BCUT2D eigenvalue weighted by Gasteiger charge is -1.99. The van der Waals surface area contributed by atoms with E-state index in [0.717, 1.165) is 11.5 Å². The quantitative estimate of drug-likeness (QED) is 0.720. The van der Waals surface area contributed by atoms with Gasteiger partial charge in [-0.25, -0.2) is 0 Å². The molecule has 0 unspecified atom stereocenters. The number of rotatable bonds is 1. The summed E-state index contributed by atoms with van der Waals surface area (Å²) in [7, 11) is 0. The largest absolute Gasteiger partial charge is 0.488 e. The van der Waals surface area contributed by atoms with Crippen LogP contribution in [-0.2, 0) is 11.3 Å². The van der Waals surface area contributed by atoms with Crippen molar-refractivity contribution in [1.82, 2.24) is 4.98 Å². The van der Waals surface area contributed by atoms with Crippen molar-refractivity contribution in [3.63, 3.8) is 0 Å². The normalized spacial score (nSPS) is 15.9. The lowest BCUT2D eigenvalue weighted by molar-refractivity contribution is 0.287. The highest BCUT2D eigenvalue weighted by atomic mass is 16.5. The molecule has 1 aromatic heterocycles. The molecule has 3 rings (SSSR count). The number of fused-ring (bicyclic) bond motifs is 1. The minimum Gasteiger partial charge on any atom is -0.488 e. The number of hydrogen-bond acceptors (Lipinski definition) is 2. The highest BCUT2D eigenvalue weighted by Crippen LogP contribution is 2.30. The zero-order chi connectivity index (χ0) is 10.8. The molecule has 0 N–H and O–H groups in total. The van der Waals surface area contributed by atoms with Crippen molar-refractivity contribution in [1.29, 1.82) is 0 Å². The first-order valence-electron chi connectivity index (χ1n) is 5.27. The van der Waals surface area contributed by atoms with Crippen molar-refractivity contribution < 1.29 is 4.74 Å². The van der Waals surface area contributed by atoms with Crippen LogP contribution in [-0.4, -0.2) is 4.98 Å². The third kappa shape index (κ3) is 1.58. The van der Waals surface area contributed by atoms with E-state index in [4.69, 9.17) is 4.74 Å². The lowest BCUT2D eigenvalue weighted by atomic mass is 10.1. The van der Waals surface area contributed by atoms with Gasteiger partial charge < -0.3 is 4.74 Å². The van der Waals surface area contributed by atoms with Crippen LogP contribution in [0.3, 0.4) is 0 Å². The molecule has 2 heterocycles. The SMILES string of the molecule is C(=C1/OCc2ccccc21)/c1ccccn1. The van der Waals surface area contributed by atoms with Gasteiger partial charge in [-0.05, 0) is 12.1 Å². The Balaban J connectivity index is 2.02. The maximum atomic E-state index is 5.65. The van der Waals surface area contributed by atoms with Gasteiger partial charge in [-0.2, -0.15) is 0 Å². The van der Waals surface area contributed by atoms with E-state index in [9.17, 15) is 0 Å². The molecule has 0 fully saturated rings. The molecule has 1 aromatic carbocycles.